The second-order valence-corrected chi connectivity index (χ2v) is 5.46. The molecule has 1 aliphatic rings. The minimum Gasteiger partial charge on any atom is -0.388 e. The molecule has 0 spiro atoms. The zero-order valence-corrected chi connectivity index (χ0v) is 11.9. The highest BCUT2D eigenvalue weighted by Gasteiger charge is 2.34. The van der Waals surface area contributed by atoms with E-state index in [9.17, 15) is 20.0 Å². The maximum absolute atomic E-state index is 11.9. The summed E-state index contributed by atoms with van der Waals surface area (Å²) in [5.74, 6) is -0.268. The molecule has 2 rings (SSSR count). The number of rotatable bonds is 6. The van der Waals surface area contributed by atoms with E-state index in [0.717, 1.165) is 6.42 Å². The average molecular weight is 293 g/mol. The number of nitrogens with one attached hydrogen (secondary N) is 1. The first kappa shape index (κ1) is 15.2. The number of carbonyl (C=O) groups excluding carboxylic acids is 1. The van der Waals surface area contributed by atoms with Gasteiger partial charge in [-0.15, -0.1) is 0 Å². The molecule has 0 saturated heterocycles. The standard InChI is InChI=1S/C14H19N3O4/c1-16(11-5-2-3-6-12(11)17(20)21)9-13(18)15-10-14(19)7-4-8-14/h2-3,5-6,19H,4,7-10H2,1H3,(H,15,18). The van der Waals surface area contributed by atoms with E-state index in [0.29, 0.717) is 18.5 Å². The van der Waals surface area contributed by atoms with Gasteiger partial charge in [-0.2, -0.15) is 0 Å². The Bertz CT molecular complexity index is 543. The molecule has 1 saturated carbocycles. The molecule has 0 bridgehead atoms. The number of likely N-dealkylation sites (N-methyl/N-ethyl adjacent to an activating group) is 1. The predicted octanol–water partition coefficient (Wildman–Crippen LogP) is 1.06. The summed E-state index contributed by atoms with van der Waals surface area (Å²) in [7, 11) is 1.62. The fourth-order valence-corrected chi connectivity index (χ4v) is 2.32. The minimum absolute atomic E-state index is 0.000926. The SMILES string of the molecule is CN(CC(=O)NCC1(O)CCC1)c1ccccc1[N+](=O)[O-]. The summed E-state index contributed by atoms with van der Waals surface area (Å²) < 4.78 is 0. The minimum atomic E-state index is -0.771. The van der Waals surface area contributed by atoms with Gasteiger partial charge in [-0.25, -0.2) is 0 Å². The van der Waals surface area contributed by atoms with Gasteiger partial charge in [-0.05, 0) is 25.3 Å². The van der Waals surface area contributed by atoms with E-state index in [1.807, 2.05) is 0 Å². The summed E-state index contributed by atoms with van der Waals surface area (Å²) >= 11 is 0. The molecular formula is C14H19N3O4. The van der Waals surface area contributed by atoms with Crippen molar-refractivity contribution in [2.24, 2.45) is 0 Å². The Labute approximate surface area is 122 Å². The first-order chi connectivity index (χ1) is 9.91. The third kappa shape index (κ3) is 3.69. The second-order valence-electron chi connectivity index (χ2n) is 5.46. The third-order valence-corrected chi connectivity index (χ3v) is 3.77. The van der Waals surface area contributed by atoms with Crippen LogP contribution in [-0.4, -0.2) is 41.7 Å². The number of hydrogen-bond donors (Lipinski definition) is 2. The molecule has 21 heavy (non-hydrogen) atoms. The monoisotopic (exact) mass is 293 g/mol. The van der Waals surface area contributed by atoms with Crippen molar-refractivity contribution in [3.8, 4) is 0 Å². The Morgan fingerprint density at radius 3 is 2.71 bits per heavy atom. The van der Waals surface area contributed by atoms with Gasteiger partial charge in [0.05, 0.1) is 17.1 Å². The molecule has 0 atom stereocenters. The molecule has 0 aromatic heterocycles. The van der Waals surface area contributed by atoms with Gasteiger partial charge in [-0.3, -0.25) is 14.9 Å². The summed E-state index contributed by atoms with van der Waals surface area (Å²) in [6.45, 7) is 0.234. The van der Waals surface area contributed by atoms with Crippen LogP contribution in [0.2, 0.25) is 0 Å². The molecule has 7 heteroatoms. The van der Waals surface area contributed by atoms with Crippen LogP contribution in [-0.2, 0) is 4.79 Å². The first-order valence-electron chi connectivity index (χ1n) is 6.85. The number of para-hydroxylation sites is 2. The number of amides is 1. The molecule has 0 radical (unpaired) electrons. The lowest BCUT2D eigenvalue weighted by atomic mass is 9.80. The van der Waals surface area contributed by atoms with Gasteiger partial charge >= 0.3 is 0 Å². The molecule has 1 fully saturated rings. The van der Waals surface area contributed by atoms with Crippen LogP contribution in [0.5, 0.6) is 0 Å². The summed E-state index contributed by atoms with van der Waals surface area (Å²) in [5, 5.41) is 23.5. The second kappa shape index (κ2) is 6.09. The lowest BCUT2D eigenvalue weighted by Gasteiger charge is -2.36. The van der Waals surface area contributed by atoms with E-state index in [2.05, 4.69) is 5.32 Å². The number of carbonyl (C=O) groups is 1. The Morgan fingerprint density at radius 2 is 2.14 bits per heavy atom. The van der Waals surface area contributed by atoms with Crippen molar-refractivity contribution in [3.05, 3.63) is 34.4 Å². The zero-order chi connectivity index (χ0) is 15.5. The van der Waals surface area contributed by atoms with E-state index in [4.69, 9.17) is 0 Å². The van der Waals surface area contributed by atoms with Crippen molar-refractivity contribution in [3.63, 3.8) is 0 Å². The number of anilines is 1. The molecule has 0 heterocycles. The Balaban J connectivity index is 1.93. The number of hydrogen-bond acceptors (Lipinski definition) is 5. The molecule has 0 unspecified atom stereocenters. The quantitative estimate of drug-likeness (QED) is 0.604. The van der Waals surface area contributed by atoms with Crippen molar-refractivity contribution in [2.45, 2.75) is 24.9 Å². The number of nitro benzene ring substituents is 1. The summed E-state index contributed by atoms with van der Waals surface area (Å²) in [4.78, 5) is 23.9. The van der Waals surface area contributed by atoms with Gasteiger partial charge < -0.3 is 15.3 Å². The van der Waals surface area contributed by atoms with E-state index in [1.165, 1.54) is 11.0 Å². The van der Waals surface area contributed by atoms with Crippen molar-refractivity contribution in [1.29, 1.82) is 0 Å². The Kier molecular flexibility index (Phi) is 4.42. The number of nitro groups is 1. The summed E-state index contributed by atoms with van der Waals surface area (Å²) in [5.41, 5.74) is -0.419. The van der Waals surface area contributed by atoms with E-state index < -0.39 is 10.5 Å². The number of benzene rings is 1. The topological polar surface area (TPSA) is 95.7 Å². The van der Waals surface area contributed by atoms with Crippen LogP contribution >= 0.6 is 0 Å². The molecule has 1 aromatic rings. The van der Waals surface area contributed by atoms with Crippen molar-refractivity contribution < 1.29 is 14.8 Å². The van der Waals surface area contributed by atoms with Gasteiger partial charge in [0.15, 0.2) is 0 Å². The normalized spacial score (nSPS) is 15.9. The van der Waals surface area contributed by atoms with Crippen LogP contribution in [0.4, 0.5) is 11.4 Å². The van der Waals surface area contributed by atoms with Gasteiger partial charge in [-0.1, -0.05) is 12.1 Å². The summed E-state index contributed by atoms with van der Waals surface area (Å²) in [6.07, 6.45) is 2.38. The lowest BCUT2D eigenvalue weighted by Crippen LogP contribution is -2.49. The van der Waals surface area contributed by atoms with Crippen LogP contribution in [0, 0.1) is 10.1 Å². The Hall–Kier alpha value is -2.15. The predicted molar refractivity (Wildman–Crippen MR) is 78.2 cm³/mol. The molecule has 1 amide bonds. The molecule has 0 aliphatic heterocycles. The molecule has 7 nitrogen and oxygen atoms in total. The van der Waals surface area contributed by atoms with Gasteiger partial charge in [0.25, 0.3) is 5.69 Å². The van der Waals surface area contributed by atoms with Gasteiger partial charge in [0.2, 0.25) is 5.91 Å². The van der Waals surface area contributed by atoms with Crippen molar-refractivity contribution in [1.82, 2.24) is 5.32 Å². The smallest absolute Gasteiger partial charge is 0.292 e. The van der Waals surface area contributed by atoms with Crippen LogP contribution in [0.25, 0.3) is 0 Å². The molecule has 1 aliphatic carbocycles. The molecule has 1 aromatic carbocycles. The third-order valence-electron chi connectivity index (χ3n) is 3.77. The highest BCUT2D eigenvalue weighted by molar-refractivity contribution is 5.82. The van der Waals surface area contributed by atoms with Gasteiger partial charge in [0, 0.05) is 19.7 Å². The van der Waals surface area contributed by atoms with E-state index >= 15 is 0 Å². The molecular weight excluding hydrogens is 274 g/mol. The highest BCUT2D eigenvalue weighted by atomic mass is 16.6. The lowest BCUT2D eigenvalue weighted by molar-refractivity contribution is -0.384. The molecule has 114 valence electrons. The number of nitrogens with zero attached hydrogens (tertiary/aromatic N) is 2. The fraction of sp³-hybridized carbons (Fsp3) is 0.500. The number of aliphatic hydroxyl groups is 1. The van der Waals surface area contributed by atoms with E-state index in [1.54, 1.807) is 25.2 Å². The highest BCUT2D eigenvalue weighted by Crippen LogP contribution is 2.30. The maximum atomic E-state index is 11.9. The van der Waals surface area contributed by atoms with Crippen molar-refractivity contribution >= 4 is 17.3 Å². The fourth-order valence-electron chi connectivity index (χ4n) is 2.32. The van der Waals surface area contributed by atoms with Crippen molar-refractivity contribution in [2.75, 3.05) is 25.0 Å². The van der Waals surface area contributed by atoms with Gasteiger partial charge in [0.1, 0.15) is 5.69 Å². The van der Waals surface area contributed by atoms with Crippen LogP contribution in [0.1, 0.15) is 19.3 Å². The van der Waals surface area contributed by atoms with Crippen LogP contribution in [0.15, 0.2) is 24.3 Å². The van der Waals surface area contributed by atoms with Crippen LogP contribution in [0.3, 0.4) is 0 Å². The van der Waals surface area contributed by atoms with Crippen LogP contribution < -0.4 is 10.2 Å². The zero-order valence-electron chi connectivity index (χ0n) is 11.9. The largest absolute Gasteiger partial charge is 0.388 e. The summed E-state index contributed by atoms with van der Waals surface area (Å²) in [6, 6.07) is 6.28. The average Bonchev–Trinajstić information content (AvgIpc) is 2.43. The Morgan fingerprint density at radius 1 is 1.48 bits per heavy atom. The first-order valence-corrected chi connectivity index (χ1v) is 6.85. The molecule has 2 N–H and O–H groups in total. The van der Waals surface area contributed by atoms with E-state index in [-0.39, 0.29) is 24.7 Å². The maximum Gasteiger partial charge on any atom is 0.292 e.